The lowest BCUT2D eigenvalue weighted by molar-refractivity contribution is -0.380. The average Bonchev–Trinajstić information content (AvgIpc) is 2.94. The quantitative estimate of drug-likeness (QED) is 0.475. The van der Waals surface area contributed by atoms with Crippen molar-refractivity contribution in [3.8, 4) is 10.8 Å². The van der Waals surface area contributed by atoms with E-state index in [0.717, 1.165) is 17.8 Å². The molecule has 2 rings (SSSR count). The van der Waals surface area contributed by atoms with Crippen LogP contribution in [0.25, 0.3) is 10.8 Å². The maximum Gasteiger partial charge on any atom is 0.324 e. The van der Waals surface area contributed by atoms with Crippen molar-refractivity contribution in [2.45, 2.75) is 12.8 Å². The van der Waals surface area contributed by atoms with Gasteiger partial charge in [0.15, 0.2) is 0 Å². The average molecular weight is 274 g/mol. The Kier molecular flexibility index (Phi) is 3.70. The molecule has 0 aliphatic heterocycles. The molecule has 0 radical (unpaired) electrons. The third-order valence-corrected chi connectivity index (χ3v) is 3.27. The van der Waals surface area contributed by atoms with Gasteiger partial charge >= 0.3 is 5.00 Å². The van der Waals surface area contributed by atoms with E-state index in [1.54, 1.807) is 6.07 Å². The van der Waals surface area contributed by atoms with Crippen LogP contribution in [-0.2, 0) is 6.42 Å². The largest absolute Gasteiger partial charge is 0.420 e. The second-order valence-electron chi connectivity index (χ2n) is 3.19. The van der Waals surface area contributed by atoms with Gasteiger partial charge in [0, 0.05) is 18.4 Å². The highest BCUT2D eigenvalue weighted by Crippen LogP contribution is 2.31. The number of halogens is 1. The van der Waals surface area contributed by atoms with Crippen molar-refractivity contribution >= 4 is 27.9 Å². The van der Waals surface area contributed by atoms with Crippen LogP contribution >= 0.6 is 22.9 Å². The fourth-order valence-corrected chi connectivity index (χ4v) is 2.09. The van der Waals surface area contributed by atoms with Crippen LogP contribution in [0.4, 0.5) is 5.00 Å². The van der Waals surface area contributed by atoms with Crippen molar-refractivity contribution in [3.63, 3.8) is 0 Å². The van der Waals surface area contributed by atoms with Crippen LogP contribution in [0.3, 0.4) is 0 Å². The van der Waals surface area contributed by atoms with Gasteiger partial charge in [-0.25, -0.2) is 0 Å². The van der Waals surface area contributed by atoms with Crippen LogP contribution in [0, 0.1) is 10.1 Å². The van der Waals surface area contributed by atoms with Crippen LogP contribution in [-0.4, -0.2) is 21.0 Å². The molecule has 0 aliphatic rings. The van der Waals surface area contributed by atoms with E-state index in [4.69, 9.17) is 16.0 Å². The molecule has 0 aliphatic carbocycles. The van der Waals surface area contributed by atoms with E-state index in [1.165, 1.54) is 6.07 Å². The number of thiophene rings is 1. The Morgan fingerprint density at radius 2 is 2.29 bits per heavy atom. The second-order valence-corrected chi connectivity index (χ2v) is 4.63. The monoisotopic (exact) mass is 273 g/mol. The molecule has 0 atom stereocenters. The number of hydrogen-bond acceptors (Lipinski definition) is 6. The smallest absolute Gasteiger partial charge is 0.324 e. The van der Waals surface area contributed by atoms with Crippen LogP contribution < -0.4 is 0 Å². The molecule has 2 aromatic heterocycles. The molecule has 0 saturated heterocycles. The van der Waals surface area contributed by atoms with Crippen molar-refractivity contribution < 1.29 is 9.34 Å². The number of rotatable bonds is 5. The first kappa shape index (κ1) is 12.0. The zero-order chi connectivity index (χ0) is 12.3. The highest BCUT2D eigenvalue weighted by Gasteiger charge is 2.15. The Balaban J connectivity index is 2.15. The fraction of sp³-hybridized carbons (Fsp3) is 0.333. The molecular weight excluding hydrogens is 266 g/mol. The Hall–Kier alpha value is -1.47. The summed E-state index contributed by atoms with van der Waals surface area (Å²) in [7, 11) is 0. The SMILES string of the molecule is O=[N+]([O-])c1ccc(-c2nnc(CCCCl)o2)s1. The fourth-order valence-electron chi connectivity index (χ4n) is 1.21. The van der Waals surface area contributed by atoms with E-state index >= 15 is 0 Å². The molecule has 17 heavy (non-hydrogen) atoms. The van der Waals surface area contributed by atoms with Crippen molar-refractivity contribution in [2.75, 3.05) is 5.88 Å². The predicted molar refractivity (Wildman–Crippen MR) is 63.3 cm³/mol. The molecule has 0 saturated carbocycles. The maximum atomic E-state index is 10.5. The van der Waals surface area contributed by atoms with Gasteiger partial charge in [-0.2, -0.15) is 0 Å². The minimum Gasteiger partial charge on any atom is -0.420 e. The molecule has 0 aromatic carbocycles. The Morgan fingerprint density at radius 1 is 1.47 bits per heavy atom. The van der Waals surface area contributed by atoms with E-state index in [-0.39, 0.29) is 5.00 Å². The predicted octanol–water partition coefficient (Wildman–Crippen LogP) is 2.88. The zero-order valence-electron chi connectivity index (χ0n) is 8.63. The summed E-state index contributed by atoms with van der Waals surface area (Å²) in [6, 6.07) is 3.02. The Bertz CT molecular complexity index is 525. The molecular formula is C9H8ClN3O3S. The topological polar surface area (TPSA) is 82.1 Å². The van der Waals surface area contributed by atoms with Crippen molar-refractivity contribution in [3.05, 3.63) is 28.1 Å². The summed E-state index contributed by atoms with van der Waals surface area (Å²) in [5, 5.41) is 18.3. The number of hydrogen-bond donors (Lipinski definition) is 0. The molecule has 6 nitrogen and oxygen atoms in total. The van der Waals surface area contributed by atoms with Crippen molar-refractivity contribution in [2.24, 2.45) is 0 Å². The Labute approximate surface area is 105 Å². The maximum absolute atomic E-state index is 10.5. The lowest BCUT2D eigenvalue weighted by Gasteiger charge is -1.88. The number of nitro groups is 1. The van der Waals surface area contributed by atoms with E-state index < -0.39 is 4.92 Å². The van der Waals surface area contributed by atoms with Crippen LogP contribution in [0.1, 0.15) is 12.3 Å². The molecule has 2 aromatic rings. The third-order valence-electron chi connectivity index (χ3n) is 1.97. The van der Waals surface area contributed by atoms with Crippen molar-refractivity contribution in [1.29, 1.82) is 0 Å². The minimum atomic E-state index is -0.445. The zero-order valence-corrected chi connectivity index (χ0v) is 10.2. The molecule has 0 unspecified atom stereocenters. The van der Waals surface area contributed by atoms with Gasteiger partial charge in [0.05, 0.1) is 9.80 Å². The van der Waals surface area contributed by atoms with E-state index in [9.17, 15) is 10.1 Å². The lowest BCUT2D eigenvalue weighted by Crippen LogP contribution is -1.85. The van der Waals surface area contributed by atoms with Crippen LogP contribution in [0.5, 0.6) is 0 Å². The standard InChI is InChI=1S/C9H8ClN3O3S/c10-5-1-2-7-11-12-9(16-7)6-3-4-8(17-6)13(14)15/h3-4H,1-2,5H2. The first-order valence-corrected chi connectivity index (χ1v) is 6.18. The van der Waals surface area contributed by atoms with Crippen LogP contribution in [0.15, 0.2) is 16.5 Å². The third kappa shape index (κ3) is 2.80. The first-order chi connectivity index (χ1) is 8.20. The molecule has 0 amide bonds. The number of nitrogens with zero attached hydrogens (tertiary/aromatic N) is 3. The normalized spacial score (nSPS) is 10.6. The summed E-state index contributed by atoms with van der Waals surface area (Å²) < 4.78 is 5.37. The van der Waals surface area contributed by atoms with Gasteiger partial charge in [0.2, 0.25) is 5.89 Å². The van der Waals surface area contributed by atoms with Gasteiger partial charge in [-0.15, -0.1) is 21.8 Å². The molecule has 0 bridgehead atoms. The summed E-state index contributed by atoms with van der Waals surface area (Å²) in [6.07, 6.45) is 1.37. The van der Waals surface area contributed by atoms with Gasteiger partial charge in [0.25, 0.3) is 5.89 Å². The van der Waals surface area contributed by atoms with Gasteiger partial charge in [-0.3, -0.25) is 10.1 Å². The number of aromatic nitrogens is 2. The van der Waals surface area contributed by atoms with Gasteiger partial charge in [-0.05, 0) is 12.5 Å². The molecule has 0 spiro atoms. The van der Waals surface area contributed by atoms with Gasteiger partial charge in [0.1, 0.15) is 0 Å². The van der Waals surface area contributed by atoms with E-state index in [2.05, 4.69) is 10.2 Å². The second kappa shape index (κ2) is 5.24. The summed E-state index contributed by atoms with van der Waals surface area (Å²) in [6.45, 7) is 0. The van der Waals surface area contributed by atoms with E-state index in [1.807, 2.05) is 0 Å². The van der Waals surface area contributed by atoms with Gasteiger partial charge in [-0.1, -0.05) is 11.3 Å². The van der Waals surface area contributed by atoms with Crippen LogP contribution in [0.2, 0.25) is 0 Å². The summed E-state index contributed by atoms with van der Waals surface area (Å²) >= 11 is 6.56. The molecule has 8 heteroatoms. The lowest BCUT2D eigenvalue weighted by atomic mass is 10.3. The molecule has 0 N–H and O–H groups in total. The van der Waals surface area contributed by atoms with Crippen molar-refractivity contribution in [1.82, 2.24) is 10.2 Å². The van der Waals surface area contributed by atoms with Gasteiger partial charge < -0.3 is 4.42 Å². The number of aryl methyl sites for hydroxylation is 1. The molecule has 2 heterocycles. The summed E-state index contributed by atoms with van der Waals surface area (Å²) in [5.41, 5.74) is 0. The highest BCUT2D eigenvalue weighted by atomic mass is 35.5. The summed E-state index contributed by atoms with van der Waals surface area (Å²) in [4.78, 5) is 10.7. The summed E-state index contributed by atoms with van der Waals surface area (Å²) in [5.74, 6) is 1.34. The highest BCUT2D eigenvalue weighted by molar-refractivity contribution is 7.18. The molecule has 0 fully saturated rings. The van der Waals surface area contributed by atoms with E-state index in [0.29, 0.717) is 29.0 Å². The minimum absolute atomic E-state index is 0.0560. The Morgan fingerprint density at radius 3 is 2.94 bits per heavy atom. The molecule has 90 valence electrons. The first-order valence-electron chi connectivity index (χ1n) is 4.83. The number of alkyl halides is 1.